The quantitative estimate of drug-likeness (QED) is 0.531. The molecule has 1 amide bonds. The maximum Gasteiger partial charge on any atom is 0.234 e. The summed E-state index contributed by atoms with van der Waals surface area (Å²) in [4.78, 5) is 14.4. The van der Waals surface area contributed by atoms with Crippen LogP contribution in [0.2, 0.25) is 0 Å². The molecule has 118 valence electrons. The summed E-state index contributed by atoms with van der Waals surface area (Å²) >= 11 is 0. The molecule has 0 aromatic carbocycles. The van der Waals surface area contributed by atoms with E-state index in [1.807, 2.05) is 0 Å². The van der Waals surface area contributed by atoms with E-state index in [2.05, 4.69) is 24.1 Å². The Morgan fingerprint density at radius 2 is 1.85 bits per heavy atom. The van der Waals surface area contributed by atoms with Crippen molar-refractivity contribution in [3.63, 3.8) is 0 Å². The topological polar surface area (TPSA) is 58.4 Å². The summed E-state index contributed by atoms with van der Waals surface area (Å²) in [6, 6.07) is 0. The van der Waals surface area contributed by atoms with E-state index in [1.165, 1.54) is 25.7 Å². The first-order valence-electron chi connectivity index (χ1n) is 8.40. The van der Waals surface area contributed by atoms with E-state index < -0.39 is 0 Å². The number of nitrogens with zero attached hydrogens (tertiary/aromatic N) is 1. The minimum Gasteiger partial charge on any atom is -0.355 e. The number of hydrogen-bond acceptors (Lipinski definition) is 3. The van der Waals surface area contributed by atoms with E-state index >= 15 is 0 Å². The highest BCUT2D eigenvalue weighted by Gasteiger charge is 2.35. The molecule has 0 bridgehead atoms. The van der Waals surface area contributed by atoms with Gasteiger partial charge in [0.15, 0.2) is 0 Å². The molecular formula is C16H33N3O. The van der Waals surface area contributed by atoms with E-state index in [0.717, 1.165) is 38.8 Å². The van der Waals surface area contributed by atoms with E-state index in [9.17, 15) is 4.79 Å². The standard InChI is InChI=1S/C16H33N3O/c1-3-5-12-18-15(20)13-19(4-2)16(14-17)10-8-6-7-9-11-16/h3-14,17H2,1-2H3,(H,18,20). The molecule has 0 heterocycles. The smallest absolute Gasteiger partial charge is 0.234 e. The Kier molecular flexibility index (Phi) is 8.15. The summed E-state index contributed by atoms with van der Waals surface area (Å²) in [6.07, 6.45) is 9.55. The summed E-state index contributed by atoms with van der Waals surface area (Å²) in [7, 11) is 0. The third kappa shape index (κ3) is 5.06. The fourth-order valence-corrected chi connectivity index (χ4v) is 3.28. The summed E-state index contributed by atoms with van der Waals surface area (Å²) in [5, 5.41) is 3.02. The summed E-state index contributed by atoms with van der Waals surface area (Å²) < 4.78 is 0. The van der Waals surface area contributed by atoms with Crippen LogP contribution in [0, 0.1) is 0 Å². The van der Waals surface area contributed by atoms with E-state index in [4.69, 9.17) is 5.73 Å². The molecule has 0 radical (unpaired) electrons. The van der Waals surface area contributed by atoms with Crippen LogP contribution in [0.15, 0.2) is 0 Å². The molecule has 0 unspecified atom stereocenters. The van der Waals surface area contributed by atoms with Gasteiger partial charge < -0.3 is 11.1 Å². The third-order valence-corrected chi connectivity index (χ3v) is 4.65. The highest BCUT2D eigenvalue weighted by molar-refractivity contribution is 5.78. The number of hydrogen-bond donors (Lipinski definition) is 2. The molecule has 4 nitrogen and oxygen atoms in total. The van der Waals surface area contributed by atoms with Crippen molar-refractivity contribution < 1.29 is 4.79 Å². The van der Waals surface area contributed by atoms with Gasteiger partial charge >= 0.3 is 0 Å². The molecule has 0 spiro atoms. The normalized spacial score (nSPS) is 18.8. The Hall–Kier alpha value is -0.610. The van der Waals surface area contributed by atoms with Crippen LogP contribution >= 0.6 is 0 Å². The van der Waals surface area contributed by atoms with E-state index in [0.29, 0.717) is 13.1 Å². The number of rotatable bonds is 8. The van der Waals surface area contributed by atoms with Gasteiger partial charge in [0.2, 0.25) is 5.91 Å². The number of likely N-dealkylation sites (N-methyl/N-ethyl adjacent to an activating group) is 1. The average Bonchev–Trinajstić information content (AvgIpc) is 2.71. The second kappa shape index (κ2) is 9.35. The molecule has 1 rings (SSSR count). The van der Waals surface area contributed by atoms with Crippen molar-refractivity contribution in [3.8, 4) is 0 Å². The van der Waals surface area contributed by atoms with Crippen molar-refractivity contribution in [1.29, 1.82) is 0 Å². The van der Waals surface area contributed by atoms with Crippen LogP contribution in [-0.2, 0) is 4.79 Å². The van der Waals surface area contributed by atoms with Crippen molar-refractivity contribution in [1.82, 2.24) is 10.2 Å². The first-order valence-corrected chi connectivity index (χ1v) is 8.40. The number of nitrogens with two attached hydrogens (primary N) is 1. The fraction of sp³-hybridized carbons (Fsp3) is 0.938. The molecular weight excluding hydrogens is 250 g/mol. The van der Waals surface area contributed by atoms with Crippen molar-refractivity contribution >= 4 is 5.91 Å². The van der Waals surface area contributed by atoms with Gasteiger partial charge in [0.1, 0.15) is 0 Å². The lowest BCUT2D eigenvalue weighted by Gasteiger charge is -2.42. The zero-order valence-electron chi connectivity index (χ0n) is 13.4. The van der Waals surface area contributed by atoms with Gasteiger partial charge in [-0.2, -0.15) is 0 Å². The van der Waals surface area contributed by atoms with Crippen molar-refractivity contribution in [3.05, 3.63) is 0 Å². The van der Waals surface area contributed by atoms with Crippen LogP contribution < -0.4 is 11.1 Å². The first-order chi connectivity index (χ1) is 9.68. The Morgan fingerprint density at radius 3 is 2.35 bits per heavy atom. The van der Waals surface area contributed by atoms with Gasteiger partial charge in [-0.3, -0.25) is 9.69 Å². The molecule has 0 atom stereocenters. The predicted octanol–water partition coefficient (Wildman–Crippen LogP) is 2.28. The zero-order valence-corrected chi connectivity index (χ0v) is 13.4. The van der Waals surface area contributed by atoms with Gasteiger partial charge in [0.25, 0.3) is 0 Å². The van der Waals surface area contributed by atoms with Crippen LogP contribution in [0.25, 0.3) is 0 Å². The fourth-order valence-electron chi connectivity index (χ4n) is 3.28. The van der Waals surface area contributed by atoms with Crippen LogP contribution in [0.4, 0.5) is 0 Å². The molecule has 1 saturated carbocycles. The summed E-state index contributed by atoms with van der Waals surface area (Å²) in [5.74, 6) is 0.150. The Morgan fingerprint density at radius 1 is 1.20 bits per heavy atom. The molecule has 1 aliphatic rings. The summed E-state index contributed by atoms with van der Waals surface area (Å²) in [6.45, 7) is 7.14. The molecule has 0 saturated heterocycles. The van der Waals surface area contributed by atoms with Gasteiger partial charge in [0.05, 0.1) is 6.54 Å². The maximum absolute atomic E-state index is 12.1. The summed E-state index contributed by atoms with van der Waals surface area (Å²) in [5.41, 5.74) is 6.16. The molecule has 0 aromatic rings. The van der Waals surface area contributed by atoms with Gasteiger partial charge in [-0.25, -0.2) is 0 Å². The van der Waals surface area contributed by atoms with E-state index in [-0.39, 0.29) is 11.4 Å². The van der Waals surface area contributed by atoms with Crippen LogP contribution in [0.5, 0.6) is 0 Å². The zero-order chi connectivity index (χ0) is 14.8. The van der Waals surface area contributed by atoms with Crippen LogP contribution in [0.3, 0.4) is 0 Å². The molecule has 4 heteroatoms. The highest BCUT2D eigenvalue weighted by atomic mass is 16.2. The molecule has 3 N–H and O–H groups in total. The maximum atomic E-state index is 12.1. The Labute approximate surface area is 124 Å². The molecule has 0 aromatic heterocycles. The Balaban J connectivity index is 2.59. The van der Waals surface area contributed by atoms with Crippen molar-refractivity contribution in [2.24, 2.45) is 5.73 Å². The lowest BCUT2D eigenvalue weighted by atomic mass is 9.88. The van der Waals surface area contributed by atoms with Gasteiger partial charge in [-0.15, -0.1) is 0 Å². The number of carbonyl (C=O) groups excluding carboxylic acids is 1. The lowest BCUT2D eigenvalue weighted by molar-refractivity contribution is -0.124. The van der Waals surface area contributed by atoms with Gasteiger partial charge in [-0.1, -0.05) is 46.0 Å². The molecule has 1 fully saturated rings. The Bertz CT molecular complexity index is 273. The van der Waals surface area contributed by atoms with Crippen molar-refractivity contribution in [2.75, 3.05) is 26.2 Å². The monoisotopic (exact) mass is 283 g/mol. The second-order valence-electron chi connectivity index (χ2n) is 6.06. The third-order valence-electron chi connectivity index (χ3n) is 4.65. The minimum absolute atomic E-state index is 0.0490. The SMILES string of the molecule is CCCCNC(=O)CN(CC)C1(CN)CCCCCC1. The minimum atomic E-state index is 0.0490. The van der Waals surface area contributed by atoms with E-state index in [1.54, 1.807) is 0 Å². The van der Waals surface area contributed by atoms with Gasteiger partial charge in [0, 0.05) is 18.6 Å². The first kappa shape index (κ1) is 17.4. The number of nitrogens with one attached hydrogen (secondary N) is 1. The lowest BCUT2D eigenvalue weighted by Crippen LogP contribution is -2.56. The number of amides is 1. The van der Waals surface area contributed by atoms with Crippen molar-refractivity contribution in [2.45, 2.75) is 70.8 Å². The number of carbonyl (C=O) groups is 1. The predicted molar refractivity (Wildman–Crippen MR) is 84.7 cm³/mol. The average molecular weight is 283 g/mol. The van der Waals surface area contributed by atoms with Gasteiger partial charge in [-0.05, 0) is 25.8 Å². The molecule has 0 aliphatic heterocycles. The largest absolute Gasteiger partial charge is 0.355 e. The molecule has 1 aliphatic carbocycles. The van der Waals surface area contributed by atoms with Crippen LogP contribution in [0.1, 0.15) is 65.2 Å². The second-order valence-corrected chi connectivity index (χ2v) is 6.06. The van der Waals surface area contributed by atoms with Crippen LogP contribution in [-0.4, -0.2) is 42.5 Å². The number of unbranched alkanes of at least 4 members (excludes halogenated alkanes) is 1. The molecule has 20 heavy (non-hydrogen) atoms. The highest BCUT2D eigenvalue weighted by Crippen LogP contribution is 2.31.